The summed E-state index contributed by atoms with van der Waals surface area (Å²) in [5, 5.41) is 3.67. The van der Waals surface area contributed by atoms with Gasteiger partial charge in [0, 0.05) is 24.3 Å². The molecule has 0 aliphatic carbocycles. The van der Waals surface area contributed by atoms with Gasteiger partial charge in [0.2, 0.25) is 0 Å². The van der Waals surface area contributed by atoms with Crippen molar-refractivity contribution in [3.63, 3.8) is 0 Å². The van der Waals surface area contributed by atoms with Crippen LogP contribution in [0.2, 0.25) is 0 Å². The molecule has 3 heteroatoms. The molecule has 2 rings (SSSR count). The predicted octanol–water partition coefficient (Wildman–Crippen LogP) is 3.76. The average molecular weight is 276 g/mol. The largest absolute Gasteiger partial charge is 0.494 e. The van der Waals surface area contributed by atoms with Gasteiger partial charge in [0.1, 0.15) is 5.75 Å². The van der Waals surface area contributed by atoms with Crippen molar-refractivity contribution in [1.82, 2.24) is 4.90 Å². The third-order valence-corrected chi connectivity index (χ3v) is 4.03. The minimum Gasteiger partial charge on any atom is -0.494 e. The summed E-state index contributed by atoms with van der Waals surface area (Å²) in [6.07, 6.45) is 3.77. The quantitative estimate of drug-likeness (QED) is 0.886. The van der Waals surface area contributed by atoms with Crippen LogP contribution >= 0.6 is 0 Å². The maximum atomic E-state index is 5.48. The number of anilines is 1. The van der Waals surface area contributed by atoms with Crippen LogP contribution in [0.15, 0.2) is 24.3 Å². The van der Waals surface area contributed by atoms with Crippen molar-refractivity contribution in [1.29, 1.82) is 0 Å². The molecule has 1 aromatic rings. The molecule has 0 radical (unpaired) electrons. The number of nitrogens with zero attached hydrogens (tertiary/aromatic N) is 1. The Balaban J connectivity index is 1.86. The Morgan fingerprint density at radius 3 is 2.60 bits per heavy atom. The lowest BCUT2D eigenvalue weighted by Crippen LogP contribution is -2.32. The van der Waals surface area contributed by atoms with E-state index in [9.17, 15) is 0 Å². The zero-order valence-corrected chi connectivity index (χ0v) is 13.1. The van der Waals surface area contributed by atoms with Crippen molar-refractivity contribution < 1.29 is 4.74 Å². The van der Waals surface area contributed by atoms with Crippen LogP contribution in [0.3, 0.4) is 0 Å². The summed E-state index contributed by atoms with van der Waals surface area (Å²) >= 11 is 0. The first-order valence-corrected chi connectivity index (χ1v) is 7.92. The molecule has 20 heavy (non-hydrogen) atoms. The monoisotopic (exact) mass is 276 g/mol. The van der Waals surface area contributed by atoms with E-state index >= 15 is 0 Å². The highest BCUT2D eigenvalue weighted by molar-refractivity contribution is 5.47. The van der Waals surface area contributed by atoms with Crippen LogP contribution in [-0.4, -0.2) is 36.7 Å². The van der Waals surface area contributed by atoms with E-state index in [2.05, 4.69) is 36.2 Å². The lowest BCUT2D eigenvalue weighted by Gasteiger charge is -2.24. The number of benzene rings is 1. The topological polar surface area (TPSA) is 24.5 Å². The van der Waals surface area contributed by atoms with E-state index < -0.39 is 0 Å². The third-order valence-electron chi connectivity index (χ3n) is 4.03. The summed E-state index contributed by atoms with van der Waals surface area (Å²) < 4.78 is 5.48. The maximum Gasteiger partial charge on any atom is 0.119 e. The van der Waals surface area contributed by atoms with Crippen molar-refractivity contribution in [2.24, 2.45) is 0 Å². The van der Waals surface area contributed by atoms with E-state index in [1.807, 2.05) is 19.1 Å². The van der Waals surface area contributed by atoms with Gasteiger partial charge in [-0.25, -0.2) is 0 Å². The van der Waals surface area contributed by atoms with Crippen LogP contribution in [0.1, 0.15) is 40.0 Å². The van der Waals surface area contributed by atoms with E-state index in [1.54, 1.807) is 0 Å². The van der Waals surface area contributed by atoms with Crippen molar-refractivity contribution in [2.45, 2.75) is 52.1 Å². The molecule has 0 bridgehead atoms. The third kappa shape index (κ3) is 4.41. The SMILES string of the molecule is CCOc1ccc(NC2CCCN(C(C)C)CC2)cc1. The lowest BCUT2D eigenvalue weighted by atomic mass is 10.1. The fourth-order valence-corrected chi connectivity index (χ4v) is 2.83. The maximum absolute atomic E-state index is 5.48. The van der Waals surface area contributed by atoms with E-state index in [0.717, 1.165) is 12.4 Å². The number of nitrogens with one attached hydrogen (secondary N) is 1. The Labute approximate surface area is 123 Å². The molecule has 1 atom stereocenters. The minimum absolute atomic E-state index is 0.594. The van der Waals surface area contributed by atoms with Crippen molar-refractivity contribution >= 4 is 5.69 Å². The predicted molar refractivity (Wildman–Crippen MR) is 85.6 cm³/mol. The second-order valence-corrected chi connectivity index (χ2v) is 5.86. The van der Waals surface area contributed by atoms with Gasteiger partial charge in [0.25, 0.3) is 0 Å². The molecular formula is C17H28N2O. The van der Waals surface area contributed by atoms with Crippen LogP contribution in [0.5, 0.6) is 5.75 Å². The molecule has 1 N–H and O–H groups in total. The summed E-state index contributed by atoms with van der Waals surface area (Å²) in [6.45, 7) is 9.75. The van der Waals surface area contributed by atoms with Gasteiger partial charge in [0.05, 0.1) is 6.61 Å². The van der Waals surface area contributed by atoms with E-state index in [4.69, 9.17) is 4.74 Å². The molecular weight excluding hydrogens is 248 g/mol. The Morgan fingerprint density at radius 1 is 1.20 bits per heavy atom. The standard InChI is InChI=1S/C17H28N2O/c1-4-20-17-9-7-16(8-10-17)18-15-6-5-12-19(13-11-15)14(2)3/h7-10,14-15,18H,4-6,11-13H2,1-3H3. The van der Waals surface area contributed by atoms with Gasteiger partial charge in [-0.1, -0.05) is 0 Å². The molecule has 1 unspecified atom stereocenters. The fourth-order valence-electron chi connectivity index (χ4n) is 2.83. The molecule has 1 aliphatic rings. The first-order valence-electron chi connectivity index (χ1n) is 7.92. The summed E-state index contributed by atoms with van der Waals surface area (Å²) in [4.78, 5) is 2.58. The Bertz CT molecular complexity index is 388. The Kier molecular flexibility index (Phi) is 5.72. The molecule has 1 saturated heterocycles. The number of hydrogen-bond acceptors (Lipinski definition) is 3. The van der Waals surface area contributed by atoms with Crippen molar-refractivity contribution in [3.05, 3.63) is 24.3 Å². The highest BCUT2D eigenvalue weighted by Gasteiger charge is 2.18. The summed E-state index contributed by atoms with van der Waals surface area (Å²) in [6, 6.07) is 9.59. The number of ether oxygens (including phenoxy) is 1. The van der Waals surface area contributed by atoms with E-state index in [-0.39, 0.29) is 0 Å². The first-order chi connectivity index (χ1) is 9.69. The van der Waals surface area contributed by atoms with Crippen LogP contribution in [0, 0.1) is 0 Å². The van der Waals surface area contributed by atoms with Crippen molar-refractivity contribution in [3.8, 4) is 5.75 Å². The normalized spacial score (nSPS) is 20.7. The second kappa shape index (κ2) is 7.53. The van der Waals surface area contributed by atoms with Crippen molar-refractivity contribution in [2.75, 3.05) is 25.0 Å². The van der Waals surface area contributed by atoms with Gasteiger partial charge in [-0.2, -0.15) is 0 Å². The molecule has 1 fully saturated rings. The molecule has 3 nitrogen and oxygen atoms in total. The van der Waals surface area contributed by atoms with E-state index in [1.165, 1.54) is 38.0 Å². The molecule has 0 spiro atoms. The van der Waals surface area contributed by atoms with Gasteiger partial charge in [0.15, 0.2) is 0 Å². The summed E-state index contributed by atoms with van der Waals surface area (Å²) in [5.41, 5.74) is 1.21. The van der Waals surface area contributed by atoms with Crippen LogP contribution in [-0.2, 0) is 0 Å². The highest BCUT2D eigenvalue weighted by Crippen LogP contribution is 2.20. The Hall–Kier alpha value is -1.22. The molecule has 0 saturated carbocycles. The molecule has 112 valence electrons. The zero-order chi connectivity index (χ0) is 14.4. The number of rotatable bonds is 5. The van der Waals surface area contributed by atoms with E-state index in [0.29, 0.717) is 12.1 Å². The number of hydrogen-bond donors (Lipinski definition) is 1. The van der Waals surface area contributed by atoms with Gasteiger partial charge in [-0.15, -0.1) is 0 Å². The summed E-state index contributed by atoms with van der Waals surface area (Å²) in [7, 11) is 0. The average Bonchev–Trinajstić information content (AvgIpc) is 2.67. The molecule has 1 aliphatic heterocycles. The van der Waals surface area contributed by atoms with Gasteiger partial charge in [-0.05, 0) is 70.8 Å². The van der Waals surface area contributed by atoms with Gasteiger partial charge in [-0.3, -0.25) is 0 Å². The minimum atomic E-state index is 0.594. The lowest BCUT2D eigenvalue weighted by molar-refractivity contribution is 0.230. The smallest absolute Gasteiger partial charge is 0.119 e. The number of likely N-dealkylation sites (tertiary alicyclic amines) is 1. The van der Waals surface area contributed by atoms with Crippen LogP contribution < -0.4 is 10.1 Å². The zero-order valence-electron chi connectivity index (χ0n) is 13.1. The fraction of sp³-hybridized carbons (Fsp3) is 0.647. The first kappa shape index (κ1) is 15.2. The molecule has 1 heterocycles. The highest BCUT2D eigenvalue weighted by atomic mass is 16.5. The Morgan fingerprint density at radius 2 is 1.95 bits per heavy atom. The van der Waals surface area contributed by atoms with Gasteiger partial charge >= 0.3 is 0 Å². The van der Waals surface area contributed by atoms with Crippen LogP contribution in [0.25, 0.3) is 0 Å². The molecule has 1 aromatic carbocycles. The molecule has 0 aromatic heterocycles. The van der Waals surface area contributed by atoms with Gasteiger partial charge < -0.3 is 15.0 Å². The second-order valence-electron chi connectivity index (χ2n) is 5.86. The molecule has 0 amide bonds. The van der Waals surface area contributed by atoms with Crippen LogP contribution in [0.4, 0.5) is 5.69 Å². The summed E-state index contributed by atoms with van der Waals surface area (Å²) in [5.74, 6) is 0.949.